The molecule has 1 aromatic carbocycles. The Morgan fingerprint density at radius 1 is 1.47 bits per heavy atom. The van der Waals surface area contributed by atoms with E-state index in [1.54, 1.807) is 0 Å². The Hall–Kier alpha value is -0.570. The molecule has 2 nitrogen and oxygen atoms in total. The van der Waals surface area contributed by atoms with Crippen LogP contribution in [0, 0.1) is 6.92 Å². The molecule has 0 bridgehead atoms. The summed E-state index contributed by atoms with van der Waals surface area (Å²) < 4.78 is 5.44. The van der Waals surface area contributed by atoms with Gasteiger partial charge in [0.15, 0.2) is 0 Å². The van der Waals surface area contributed by atoms with E-state index < -0.39 is 0 Å². The minimum atomic E-state index is -0.352. The molecule has 0 amide bonds. The zero-order valence-electron chi connectivity index (χ0n) is 8.92. The molecule has 1 unspecified atom stereocenters. The first kappa shape index (κ1) is 10.9. The van der Waals surface area contributed by atoms with Crippen molar-refractivity contribution in [2.24, 2.45) is 5.73 Å². The van der Waals surface area contributed by atoms with Gasteiger partial charge in [-0.3, -0.25) is 0 Å². The SMILES string of the molecule is Cc1ccc(C2(N)CCCOC2)cc1Cl. The number of hydrogen-bond donors (Lipinski definition) is 1. The second-order valence-electron chi connectivity index (χ2n) is 4.28. The molecule has 2 N–H and O–H groups in total. The van der Waals surface area contributed by atoms with Gasteiger partial charge in [-0.05, 0) is 37.0 Å². The van der Waals surface area contributed by atoms with E-state index in [9.17, 15) is 0 Å². The molecule has 82 valence electrons. The van der Waals surface area contributed by atoms with Crippen molar-refractivity contribution in [3.63, 3.8) is 0 Å². The van der Waals surface area contributed by atoms with Crippen molar-refractivity contribution in [1.82, 2.24) is 0 Å². The fourth-order valence-corrected chi connectivity index (χ4v) is 2.13. The number of aryl methyl sites for hydroxylation is 1. The van der Waals surface area contributed by atoms with Crippen LogP contribution >= 0.6 is 11.6 Å². The van der Waals surface area contributed by atoms with Crippen molar-refractivity contribution in [2.45, 2.75) is 25.3 Å². The maximum absolute atomic E-state index is 6.32. The Morgan fingerprint density at radius 3 is 2.87 bits per heavy atom. The zero-order chi connectivity index (χ0) is 10.9. The van der Waals surface area contributed by atoms with Crippen LogP contribution in [0.1, 0.15) is 24.0 Å². The number of rotatable bonds is 1. The molecule has 0 spiro atoms. The molecule has 0 aliphatic carbocycles. The summed E-state index contributed by atoms with van der Waals surface area (Å²) in [6.45, 7) is 3.40. The van der Waals surface area contributed by atoms with Gasteiger partial charge in [-0.25, -0.2) is 0 Å². The Kier molecular flexibility index (Phi) is 3.01. The summed E-state index contributed by atoms with van der Waals surface area (Å²) in [5.41, 5.74) is 8.13. The predicted molar refractivity (Wildman–Crippen MR) is 62.1 cm³/mol. The van der Waals surface area contributed by atoms with Gasteiger partial charge in [-0.1, -0.05) is 23.7 Å². The molecule has 0 aromatic heterocycles. The van der Waals surface area contributed by atoms with Gasteiger partial charge in [0.25, 0.3) is 0 Å². The van der Waals surface area contributed by atoms with Crippen LogP contribution in [0.15, 0.2) is 18.2 Å². The fraction of sp³-hybridized carbons (Fsp3) is 0.500. The van der Waals surface area contributed by atoms with E-state index in [0.29, 0.717) is 6.61 Å². The van der Waals surface area contributed by atoms with Crippen LogP contribution in [0.2, 0.25) is 5.02 Å². The van der Waals surface area contributed by atoms with E-state index in [4.69, 9.17) is 22.1 Å². The van der Waals surface area contributed by atoms with Gasteiger partial charge in [0.05, 0.1) is 12.1 Å². The van der Waals surface area contributed by atoms with Crippen LogP contribution in [0.4, 0.5) is 0 Å². The third kappa shape index (κ3) is 2.17. The van der Waals surface area contributed by atoms with E-state index in [1.165, 1.54) is 0 Å². The number of nitrogens with two attached hydrogens (primary N) is 1. The first-order valence-corrected chi connectivity index (χ1v) is 5.63. The van der Waals surface area contributed by atoms with Crippen molar-refractivity contribution >= 4 is 11.6 Å². The van der Waals surface area contributed by atoms with Gasteiger partial charge in [-0.2, -0.15) is 0 Å². The van der Waals surface area contributed by atoms with Crippen molar-refractivity contribution in [3.8, 4) is 0 Å². The first-order chi connectivity index (χ1) is 7.12. The Labute approximate surface area is 95.4 Å². The summed E-state index contributed by atoms with van der Waals surface area (Å²) in [5.74, 6) is 0. The van der Waals surface area contributed by atoms with Crippen molar-refractivity contribution in [3.05, 3.63) is 34.3 Å². The largest absolute Gasteiger partial charge is 0.379 e. The first-order valence-electron chi connectivity index (χ1n) is 5.25. The van der Waals surface area contributed by atoms with Crippen LogP contribution in [0.3, 0.4) is 0 Å². The lowest BCUT2D eigenvalue weighted by Gasteiger charge is -2.33. The van der Waals surface area contributed by atoms with Crippen molar-refractivity contribution < 1.29 is 4.74 Å². The summed E-state index contributed by atoms with van der Waals surface area (Å²) in [4.78, 5) is 0. The van der Waals surface area contributed by atoms with Crippen LogP contribution in [0.5, 0.6) is 0 Å². The quantitative estimate of drug-likeness (QED) is 0.798. The summed E-state index contributed by atoms with van der Waals surface area (Å²) in [7, 11) is 0. The summed E-state index contributed by atoms with van der Waals surface area (Å²) in [6, 6.07) is 6.03. The van der Waals surface area contributed by atoms with Crippen molar-refractivity contribution in [1.29, 1.82) is 0 Å². The highest BCUT2D eigenvalue weighted by atomic mass is 35.5. The standard InChI is InChI=1S/C12H16ClNO/c1-9-3-4-10(7-11(9)13)12(14)5-2-6-15-8-12/h3-4,7H,2,5-6,8,14H2,1H3. The molecule has 0 radical (unpaired) electrons. The molecule has 1 atom stereocenters. The van der Waals surface area contributed by atoms with E-state index in [-0.39, 0.29) is 5.54 Å². The van der Waals surface area contributed by atoms with Gasteiger partial charge in [0.1, 0.15) is 0 Å². The van der Waals surface area contributed by atoms with Gasteiger partial charge >= 0.3 is 0 Å². The Bertz CT molecular complexity index is 359. The molecule has 15 heavy (non-hydrogen) atoms. The molecule has 1 aromatic rings. The van der Waals surface area contributed by atoms with E-state index in [2.05, 4.69) is 6.07 Å². The average molecular weight is 226 g/mol. The molecule has 1 aliphatic heterocycles. The second-order valence-corrected chi connectivity index (χ2v) is 4.68. The average Bonchev–Trinajstić information content (AvgIpc) is 2.23. The Balaban J connectivity index is 2.31. The third-order valence-electron chi connectivity index (χ3n) is 3.02. The molecule has 0 saturated carbocycles. The van der Waals surface area contributed by atoms with Gasteiger partial charge in [-0.15, -0.1) is 0 Å². The normalized spacial score (nSPS) is 26.6. The highest BCUT2D eigenvalue weighted by molar-refractivity contribution is 6.31. The number of ether oxygens (including phenoxy) is 1. The lowest BCUT2D eigenvalue weighted by molar-refractivity contribution is 0.0367. The van der Waals surface area contributed by atoms with Crippen molar-refractivity contribution in [2.75, 3.05) is 13.2 Å². The molecular weight excluding hydrogens is 210 g/mol. The number of halogens is 1. The lowest BCUT2D eigenvalue weighted by Crippen LogP contribution is -2.44. The van der Waals surface area contributed by atoms with Crippen LogP contribution in [-0.2, 0) is 10.3 Å². The minimum absolute atomic E-state index is 0.352. The van der Waals surface area contributed by atoms with Crippen LogP contribution < -0.4 is 5.73 Å². The summed E-state index contributed by atoms with van der Waals surface area (Å²) >= 11 is 6.10. The maximum atomic E-state index is 6.32. The molecule has 1 aliphatic rings. The van der Waals surface area contributed by atoms with E-state index in [0.717, 1.165) is 35.6 Å². The predicted octanol–water partition coefficient (Wildman–Crippen LogP) is 2.61. The Morgan fingerprint density at radius 2 is 2.27 bits per heavy atom. The van der Waals surface area contributed by atoms with E-state index in [1.807, 2.05) is 19.1 Å². The smallest absolute Gasteiger partial charge is 0.0688 e. The summed E-state index contributed by atoms with van der Waals surface area (Å²) in [6.07, 6.45) is 1.98. The topological polar surface area (TPSA) is 35.2 Å². The van der Waals surface area contributed by atoms with Crippen LogP contribution in [0.25, 0.3) is 0 Å². The molecule has 1 saturated heterocycles. The zero-order valence-corrected chi connectivity index (χ0v) is 9.68. The maximum Gasteiger partial charge on any atom is 0.0688 e. The van der Waals surface area contributed by atoms with Gasteiger partial charge < -0.3 is 10.5 Å². The van der Waals surface area contributed by atoms with Crippen LogP contribution in [-0.4, -0.2) is 13.2 Å². The van der Waals surface area contributed by atoms with Gasteiger partial charge in [0, 0.05) is 11.6 Å². The molecule has 1 heterocycles. The number of benzene rings is 1. The third-order valence-corrected chi connectivity index (χ3v) is 3.43. The van der Waals surface area contributed by atoms with E-state index >= 15 is 0 Å². The molecule has 1 fully saturated rings. The second kappa shape index (κ2) is 4.12. The fourth-order valence-electron chi connectivity index (χ4n) is 1.95. The molecule has 3 heteroatoms. The minimum Gasteiger partial charge on any atom is -0.379 e. The highest BCUT2D eigenvalue weighted by Crippen LogP contribution is 2.30. The van der Waals surface area contributed by atoms with Gasteiger partial charge in [0.2, 0.25) is 0 Å². The monoisotopic (exact) mass is 225 g/mol. The number of hydrogen-bond acceptors (Lipinski definition) is 2. The molecule has 2 rings (SSSR count). The molecular formula is C12H16ClNO. The highest BCUT2D eigenvalue weighted by Gasteiger charge is 2.30. The lowest BCUT2D eigenvalue weighted by atomic mass is 9.85. The summed E-state index contributed by atoms with van der Waals surface area (Å²) in [5, 5.41) is 0.780.